The Balaban J connectivity index is 1.83. The number of hydroxylamine groups is 2. The highest BCUT2D eigenvalue weighted by Crippen LogP contribution is 2.36. The first-order valence-corrected chi connectivity index (χ1v) is 5.40. The summed E-state index contributed by atoms with van der Waals surface area (Å²) in [6.07, 6.45) is 2.89. The summed E-state index contributed by atoms with van der Waals surface area (Å²) < 4.78 is 5.41. The minimum atomic E-state index is 0.0871. The van der Waals surface area contributed by atoms with Gasteiger partial charge in [-0.15, -0.1) is 0 Å². The SMILES string of the molecule is O=C1CCC[C@H]2ON3CCOCC3[C@@H]12. The quantitative estimate of drug-likeness (QED) is 0.562. The first-order chi connectivity index (χ1) is 6.86. The maximum atomic E-state index is 11.8. The third-order valence-electron chi connectivity index (χ3n) is 3.48. The van der Waals surface area contributed by atoms with Crippen LogP contribution in [0.5, 0.6) is 0 Å². The molecular weight excluding hydrogens is 182 g/mol. The number of fused-ring (bicyclic) bond motifs is 3. The van der Waals surface area contributed by atoms with E-state index in [1.165, 1.54) is 0 Å². The molecule has 0 spiro atoms. The van der Waals surface area contributed by atoms with Gasteiger partial charge in [-0.3, -0.25) is 9.63 Å². The largest absolute Gasteiger partial charge is 0.378 e. The standard InChI is InChI=1S/C10H15NO3/c12-8-2-1-3-9-10(8)7-6-13-5-4-11(7)14-9/h7,9-10H,1-6H2/t7?,9-,10+/m1/s1. The van der Waals surface area contributed by atoms with Crippen molar-refractivity contribution in [1.82, 2.24) is 5.06 Å². The Labute approximate surface area is 83.1 Å². The van der Waals surface area contributed by atoms with Gasteiger partial charge in [0.15, 0.2) is 0 Å². The molecule has 14 heavy (non-hydrogen) atoms. The molecule has 78 valence electrons. The van der Waals surface area contributed by atoms with Gasteiger partial charge in [-0.2, -0.15) is 5.06 Å². The highest BCUT2D eigenvalue weighted by Gasteiger charge is 2.49. The second-order valence-electron chi connectivity index (χ2n) is 4.31. The molecule has 2 saturated heterocycles. The van der Waals surface area contributed by atoms with E-state index in [0.717, 1.165) is 32.4 Å². The molecule has 0 amide bonds. The number of Topliss-reactive ketones (excluding diaryl/α,β-unsaturated/α-hetero) is 1. The van der Waals surface area contributed by atoms with Crippen LogP contribution < -0.4 is 0 Å². The first kappa shape index (κ1) is 8.83. The molecule has 0 aromatic rings. The van der Waals surface area contributed by atoms with Crippen molar-refractivity contribution in [2.24, 2.45) is 5.92 Å². The van der Waals surface area contributed by atoms with E-state index in [1.54, 1.807) is 0 Å². The van der Waals surface area contributed by atoms with Crippen LogP contribution in [0.1, 0.15) is 19.3 Å². The van der Waals surface area contributed by atoms with E-state index in [9.17, 15) is 4.79 Å². The van der Waals surface area contributed by atoms with Crippen LogP contribution in [-0.2, 0) is 14.4 Å². The molecule has 1 saturated carbocycles. The highest BCUT2D eigenvalue weighted by atomic mass is 16.7. The van der Waals surface area contributed by atoms with E-state index in [2.05, 4.69) is 0 Å². The van der Waals surface area contributed by atoms with Gasteiger partial charge in [0.1, 0.15) is 5.78 Å². The van der Waals surface area contributed by atoms with Gasteiger partial charge >= 0.3 is 0 Å². The Bertz CT molecular complexity index is 256. The lowest BCUT2D eigenvalue weighted by Crippen LogP contribution is -2.45. The molecule has 1 aliphatic carbocycles. The zero-order chi connectivity index (χ0) is 9.54. The average Bonchev–Trinajstić information content (AvgIpc) is 2.57. The molecule has 1 unspecified atom stereocenters. The van der Waals surface area contributed by atoms with E-state index in [1.807, 2.05) is 5.06 Å². The Kier molecular flexibility index (Phi) is 2.08. The van der Waals surface area contributed by atoms with Gasteiger partial charge < -0.3 is 4.74 Å². The van der Waals surface area contributed by atoms with Gasteiger partial charge in [0.05, 0.1) is 31.3 Å². The lowest BCUT2D eigenvalue weighted by Gasteiger charge is -2.29. The van der Waals surface area contributed by atoms with Crippen LogP contribution in [0.15, 0.2) is 0 Å². The summed E-state index contributed by atoms with van der Waals surface area (Å²) >= 11 is 0. The molecule has 4 heteroatoms. The van der Waals surface area contributed by atoms with Crippen molar-refractivity contribution >= 4 is 5.78 Å². The Hall–Kier alpha value is -0.450. The number of morpholine rings is 1. The molecule has 3 fully saturated rings. The number of ether oxygens (including phenoxy) is 1. The second-order valence-corrected chi connectivity index (χ2v) is 4.31. The van der Waals surface area contributed by atoms with Crippen LogP contribution in [0.2, 0.25) is 0 Å². The fourth-order valence-corrected chi connectivity index (χ4v) is 2.81. The van der Waals surface area contributed by atoms with E-state index < -0.39 is 0 Å². The normalized spacial score (nSPS) is 43.4. The molecule has 0 N–H and O–H groups in total. The zero-order valence-electron chi connectivity index (χ0n) is 8.15. The predicted octanol–water partition coefficient (Wildman–Crippen LogP) is 0.370. The molecule has 0 aromatic carbocycles. The van der Waals surface area contributed by atoms with Crippen LogP contribution >= 0.6 is 0 Å². The van der Waals surface area contributed by atoms with Gasteiger partial charge in [-0.25, -0.2) is 0 Å². The number of carbonyl (C=O) groups is 1. The van der Waals surface area contributed by atoms with Crippen molar-refractivity contribution in [3.8, 4) is 0 Å². The molecule has 3 atom stereocenters. The van der Waals surface area contributed by atoms with E-state index >= 15 is 0 Å². The Morgan fingerprint density at radius 2 is 2.36 bits per heavy atom. The van der Waals surface area contributed by atoms with Gasteiger partial charge in [0, 0.05) is 13.0 Å². The topological polar surface area (TPSA) is 38.8 Å². The monoisotopic (exact) mass is 197 g/mol. The van der Waals surface area contributed by atoms with E-state index in [0.29, 0.717) is 12.4 Å². The van der Waals surface area contributed by atoms with Crippen LogP contribution in [0.3, 0.4) is 0 Å². The summed E-state index contributed by atoms with van der Waals surface area (Å²) in [5, 5.41) is 1.97. The zero-order valence-corrected chi connectivity index (χ0v) is 8.15. The van der Waals surface area contributed by atoms with Crippen molar-refractivity contribution in [3.63, 3.8) is 0 Å². The van der Waals surface area contributed by atoms with Crippen LogP contribution in [0.4, 0.5) is 0 Å². The summed E-state index contributed by atoms with van der Waals surface area (Å²) in [6, 6.07) is 0.196. The minimum Gasteiger partial charge on any atom is -0.378 e. The number of ketones is 1. The van der Waals surface area contributed by atoms with Crippen molar-refractivity contribution in [2.45, 2.75) is 31.4 Å². The molecule has 0 aromatic heterocycles. The highest BCUT2D eigenvalue weighted by molar-refractivity contribution is 5.83. The molecule has 0 radical (unpaired) electrons. The summed E-state index contributed by atoms with van der Waals surface area (Å²) in [6.45, 7) is 2.20. The Morgan fingerprint density at radius 3 is 3.29 bits per heavy atom. The molecule has 3 aliphatic rings. The molecule has 2 heterocycles. The lowest BCUT2D eigenvalue weighted by atomic mass is 9.81. The summed E-state index contributed by atoms with van der Waals surface area (Å²) in [5.41, 5.74) is 0. The fourth-order valence-electron chi connectivity index (χ4n) is 2.81. The van der Waals surface area contributed by atoms with Crippen LogP contribution in [0.25, 0.3) is 0 Å². The second kappa shape index (κ2) is 3.29. The third-order valence-corrected chi connectivity index (χ3v) is 3.48. The van der Waals surface area contributed by atoms with Crippen molar-refractivity contribution in [2.75, 3.05) is 19.8 Å². The van der Waals surface area contributed by atoms with Gasteiger partial charge in [0.25, 0.3) is 0 Å². The summed E-state index contributed by atoms with van der Waals surface area (Å²) in [5.74, 6) is 0.461. The van der Waals surface area contributed by atoms with Crippen molar-refractivity contribution < 1.29 is 14.4 Å². The van der Waals surface area contributed by atoms with Crippen LogP contribution in [-0.4, -0.2) is 42.8 Å². The minimum absolute atomic E-state index is 0.0871. The average molecular weight is 197 g/mol. The van der Waals surface area contributed by atoms with Crippen LogP contribution in [0, 0.1) is 5.92 Å². The predicted molar refractivity (Wildman–Crippen MR) is 48.5 cm³/mol. The lowest BCUT2D eigenvalue weighted by molar-refractivity contribution is -0.197. The number of hydrogen-bond acceptors (Lipinski definition) is 4. The number of rotatable bonds is 0. The van der Waals surface area contributed by atoms with Gasteiger partial charge in [-0.1, -0.05) is 0 Å². The summed E-state index contributed by atoms with van der Waals surface area (Å²) in [4.78, 5) is 17.5. The Morgan fingerprint density at radius 1 is 1.43 bits per heavy atom. The molecule has 0 bridgehead atoms. The third kappa shape index (κ3) is 1.21. The molecule has 4 nitrogen and oxygen atoms in total. The fraction of sp³-hybridized carbons (Fsp3) is 0.900. The molecule has 3 rings (SSSR count). The van der Waals surface area contributed by atoms with E-state index in [-0.39, 0.29) is 18.1 Å². The van der Waals surface area contributed by atoms with Crippen molar-refractivity contribution in [1.29, 1.82) is 0 Å². The summed E-state index contributed by atoms with van der Waals surface area (Å²) in [7, 11) is 0. The molecule has 2 aliphatic heterocycles. The number of hydrogen-bond donors (Lipinski definition) is 0. The maximum Gasteiger partial charge on any atom is 0.140 e. The number of carbonyl (C=O) groups excluding carboxylic acids is 1. The van der Waals surface area contributed by atoms with E-state index in [4.69, 9.17) is 9.57 Å². The maximum absolute atomic E-state index is 11.8. The smallest absolute Gasteiger partial charge is 0.140 e. The van der Waals surface area contributed by atoms with Gasteiger partial charge in [0.2, 0.25) is 0 Å². The molecular formula is C10H15NO3. The van der Waals surface area contributed by atoms with Crippen molar-refractivity contribution in [3.05, 3.63) is 0 Å². The number of nitrogens with zero attached hydrogens (tertiary/aromatic N) is 1. The van der Waals surface area contributed by atoms with Gasteiger partial charge in [-0.05, 0) is 12.8 Å². The first-order valence-electron chi connectivity index (χ1n) is 5.40.